The van der Waals surface area contributed by atoms with Crippen molar-refractivity contribution in [2.24, 2.45) is 11.7 Å². The van der Waals surface area contributed by atoms with Crippen LogP contribution in [0, 0.1) is 5.92 Å². The van der Waals surface area contributed by atoms with Crippen LogP contribution in [0.1, 0.15) is 39.5 Å². The molecule has 0 unspecified atom stereocenters. The van der Waals surface area contributed by atoms with Crippen LogP contribution in [0.3, 0.4) is 0 Å². The molecule has 0 spiro atoms. The second-order valence-electron chi connectivity index (χ2n) is 8.50. The van der Waals surface area contributed by atoms with Crippen LogP contribution < -0.4 is 32.3 Å². The number of carbonyl (C=O) groups excluding carboxylic acids is 5. The summed E-state index contributed by atoms with van der Waals surface area (Å²) in [6.07, 6.45) is -0.628. The molecule has 14 nitrogen and oxygen atoms in total. The Labute approximate surface area is 196 Å². The number of primary amides is 1. The SMILES string of the molecule is CC(C)C[C@@H](NC(=O)[C@@H](CCC(N)=O)NC(=O)CNC(=O)[C@@H]1C[C@@H](O)CN1)C(=O)NCC(=O)O. The standard InChI is InChI=1S/C20H34N6O8/c1-10(2)5-14(19(33)24-9-17(30)31)26-20(34)12(3-4-15(21)28)25-16(29)8-23-18(32)13-6-11(27)7-22-13/h10-14,22,27H,3-9H2,1-2H3,(H2,21,28)(H,23,32)(H,24,33)(H,25,29)(H,26,34)(H,30,31)/t11-,12-,13+,14-/m1/s1. The van der Waals surface area contributed by atoms with Crippen LogP contribution in [-0.2, 0) is 28.8 Å². The number of β-amino-alcohol motifs (C(OH)–C–C–N with tert-alkyl or cyclic N) is 1. The molecule has 34 heavy (non-hydrogen) atoms. The van der Waals surface area contributed by atoms with E-state index in [1.54, 1.807) is 13.8 Å². The van der Waals surface area contributed by atoms with E-state index in [4.69, 9.17) is 10.8 Å². The van der Waals surface area contributed by atoms with E-state index in [1.165, 1.54) is 0 Å². The predicted molar refractivity (Wildman–Crippen MR) is 118 cm³/mol. The quantitative estimate of drug-likeness (QED) is 0.121. The number of carbonyl (C=O) groups is 6. The van der Waals surface area contributed by atoms with Crippen molar-refractivity contribution in [3.63, 3.8) is 0 Å². The smallest absolute Gasteiger partial charge is 0.322 e. The number of nitrogens with one attached hydrogen (secondary N) is 5. The summed E-state index contributed by atoms with van der Waals surface area (Å²) in [5, 5.41) is 30.5. The van der Waals surface area contributed by atoms with Crippen molar-refractivity contribution in [3.05, 3.63) is 0 Å². The molecular weight excluding hydrogens is 452 g/mol. The number of carboxylic acids is 1. The first-order chi connectivity index (χ1) is 15.9. The number of aliphatic hydroxyl groups excluding tert-OH is 1. The maximum absolute atomic E-state index is 12.8. The molecule has 0 saturated carbocycles. The highest BCUT2D eigenvalue weighted by molar-refractivity contribution is 5.94. The Hall–Kier alpha value is -3.26. The lowest BCUT2D eigenvalue weighted by molar-refractivity contribution is -0.138. The van der Waals surface area contributed by atoms with Crippen molar-refractivity contribution in [2.75, 3.05) is 19.6 Å². The zero-order chi connectivity index (χ0) is 25.8. The summed E-state index contributed by atoms with van der Waals surface area (Å²) in [5.74, 6) is -4.66. The Morgan fingerprint density at radius 1 is 1.00 bits per heavy atom. The minimum absolute atomic E-state index is 0.0301. The third kappa shape index (κ3) is 11.0. The highest BCUT2D eigenvalue weighted by Gasteiger charge is 2.30. The molecule has 0 bridgehead atoms. The van der Waals surface area contributed by atoms with E-state index in [0.29, 0.717) is 0 Å². The van der Waals surface area contributed by atoms with Gasteiger partial charge < -0.3 is 42.5 Å². The van der Waals surface area contributed by atoms with Crippen LogP contribution in [0.5, 0.6) is 0 Å². The molecule has 1 saturated heterocycles. The lowest BCUT2D eigenvalue weighted by Crippen LogP contribution is -2.55. The summed E-state index contributed by atoms with van der Waals surface area (Å²) in [7, 11) is 0. The van der Waals surface area contributed by atoms with Gasteiger partial charge in [-0.2, -0.15) is 0 Å². The van der Waals surface area contributed by atoms with E-state index in [-0.39, 0.29) is 38.1 Å². The van der Waals surface area contributed by atoms with Crippen LogP contribution >= 0.6 is 0 Å². The minimum Gasteiger partial charge on any atom is -0.480 e. The minimum atomic E-state index is -1.25. The molecule has 0 aliphatic carbocycles. The molecule has 0 aromatic heterocycles. The molecule has 1 aliphatic heterocycles. The average Bonchev–Trinajstić information content (AvgIpc) is 3.18. The number of rotatable bonds is 14. The van der Waals surface area contributed by atoms with E-state index in [9.17, 15) is 33.9 Å². The third-order valence-electron chi connectivity index (χ3n) is 4.93. The van der Waals surface area contributed by atoms with E-state index >= 15 is 0 Å². The molecule has 9 N–H and O–H groups in total. The Morgan fingerprint density at radius 3 is 2.21 bits per heavy atom. The monoisotopic (exact) mass is 486 g/mol. The van der Waals surface area contributed by atoms with Crippen molar-refractivity contribution < 1.29 is 39.0 Å². The Kier molecular flexibility index (Phi) is 11.9. The predicted octanol–water partition coefficient (Wildman–Crippen LogP) is -3.69. The average molecular weight is 487 g/mol. The van der Waals surface area contributed by atoms with Gasteiger partial charge in [-0.25, -0.2) is 0 Å². The van der Waals surface area contributed by atoms with Crippen LogP contribution in [0.25, 0.3) is 0 Å². The van der Waals surface area contributed by atoms with Crippen LogP contribution in [0.2, 0.25) is 0 Å². The van der Waals surface area contributed by atoms with Crippen LogP contribution in [0.4, 0.5) is 0 Å². The molecule has 4 atom stereocenters. The summed E-state index contributed by atoms with van der Waals surface area (Å²) in [6, 6.07) is -2.94. The van der Waals surface area contributed by atoms with E-state index < -0.39 is 72.8 Å². The number of aliphatic carboxylic acids is 1. The molecule has 0 aromatic carbocycles. The van der Waals surface area contributed by atoms with Gasteiger partial charge in [-0.3, -0.25) is 28.8 Å². The zero-order valence-corrected chi connectivity index (χ0v) is 19.3. The summed E-state index contributed by atoms with van der Waals surface area (Å²) < 4.78 is 0. The number of amides is 5. The largest absolute Gasteiger partial charge is 0.480 e. The number of hydrogen-bond acceptors (Lipinski definition) is 8. The maximum Gasteiger partial charge on any atom is 0.322 e. The van der Waals surface area contributed by atoms with E-state index in [0.717, 1.165) is 0 Å². The first kappa shape index (κ1) is 28.8. The first-order valence-electron chi connectivity index (χ1n) is 11.0. The molecule has 0 aromatic rings. The lowest BCUT2D eigenvalue weighted by atomic mass is 10.0. The van der Waals surface area contributed by atoms with Gasteiger partial charge in [0.25, 0.3) is 0 Å². The van der Waals surface area contributed by atoms with Gasteiger partial charge in [0.1, 0.15) is 18.6 Å². The second kappa shape index (κ2) is 14.1. The van der Waals surface area contributed by atoms with Crippen molar-refractivity contribution in [1.82, 2.24) is 26.6 Å². The number of aliphatic hydroxyl groups is 1. The fourth-order valence-electron chi connectivity index (χ4n) is 3.27. The fourth-order valence-corrected chi connectivity index (χ4v) is 3.27. The topological polar surface area (TPSA) is 229 Å². The number of hydrogen-bond donors (Lipinski definition) is 8. The van der Waals surface area contributed by atoms with Gasteiger partial charge in [0.15, 0.2) is 0 Å². The summed E-state index contributed by atoms with van der Waals surface area (Å²) >= 11 is 0. The Bertz CT molecular complexity index is 774. The maximum atomic E-state index is 12.8. The highest BCUT2D eigenvalue weighted by atomic mass is 16.4. The molecule has 5 amide bonds. The number of carboxylic acid groups (broad SMARTS) is 1. The van der Waals surface area contributed by atoms with Gasteiger partial charge in [0.05, 0.1) is 18.7 Å². The summed E-state index contributed by atoms with van der Waals surface area (Å²) in [6.45, 7) is 2.78. The van der Waals surface area contributed by atoms with Gasteiger partial charge in [-0.05, 0) is 25.2 Å². The van der Waals surface area contributed by atoms with Gasteiger partial charge in [0.2, 0.25) is 29.5 Å². The fraction of sp³-hybridized carbons (Fsp3) is 0.700. The van der Waals surface area contributed by atoms with Crippen molar-refractivity contribution in [3.8, 4) is 0 Å². The molecule has 14 heteroatoms. The van der Waals surface area contributed by atoms with E-state index in [1.807, 2.05) is 0 Å². The lowest BCUT2D eigenvalue weighted by Gasteiger charge is -2.24. The summed E-state index contributed by atoms with van der Waals surface area (Å²) in [5.41, 5.74) is 5.15. The second-order valence-corrected chi connectivity index (χ2v) is 8.50. The normalized spacial score (nSPS) is 19.1. The zero-order valence-electron chi connectivity index (χ0n) is 19.3. The molecule has 1 aliphatic rings. The van der Waals surface area contributed by atoms with Gasteiger partial charge in [0, 0.05) is 13.0 Å². The van der Waals surface area contributed by atoms with Crippen LogP contribution in [-0.4, -0.2) is 89.6 Å². The Balaban J connectivity index is 2.76. The molecule has 1 heterocycles. The van der Waals surface area contributed by atoms with E-state index in [2.05, 4.69) is 26.6 Å². The molecule has 0 radical (unpaired) electrons. The molecule has 1 fully saturated rings. The van der Waals surface area contributed by atoms with Gasteiger partial charge >= 0.3 is 5.97 Å². The summed E-state index contributed by atoms with van der Waals surface area (Å²) in [4.78, 5) is 71.5. The van der Waals surface area contributed by atoms with Gasteiger partial charge in [-0.1, -0.05) is 13.8 Å². The van der Waals surface area contributed by atoms with Crippen molar-refractivity contribution >= 4 is 35.5 Å². The highest BCUT2D eigenvalue weighted by Crippen LogP contribution is 2.07. The van der Waals surface area contributed by atoms with Gasteiger partial charge in [-0.15, -0.1) is 0 Å². The molecule has 192 valence electrons. The number of nitrogens with two attached hydrogens (primary N) is 1. The van der Waals surface area contributed by atoms with Crippen molar-refractivity contribution in [1.29, 1.82) is 0 Å². The molecular formula is C20H34N6O8. The van der Waals surface area contributed by atoms with Crippen LogP contribution in [0.15, 0.2) is 0 Å². The Morgan fingerprint density at radius 2 is 1.68 bits per heavy atom. The molecule has 1 rings (SSSR count). The third-order valence-corrected chi connectivity index (χ3v) is 4.93. The van der Waals surface area contributed by atoms with Crippen molar-refractivity contribution in [2.45, 2.75) is 63.8 Å². The first-order valence-corrected chi connectivity index (χ1v) is 11.0.